The van der Waals surface area contributed by atoms with Crippen LogP contribution in [0.1, 0.15) is 5.56 Å². The Hall–Kier alpha value is -3.45. The van der Waals surface area contributed by atoms with Crippen LogP contribution in [0.5, 0.6) is 11.5 Å². The molecule has 4 nitrogen and oxygen atoms in total. The highest BCUT2D eigenvalue weighted by Gasteiger charge is 2.35. The van der Waals surface area contributed by atoms with Gasteiger partial charge >= 0.3 is 6.18 Å². The predicted octanol–water partition coefficient (Wildman–Crippen LogP) is 7.45. The third-order valence-corrected chi connectivity index (χ3v) is 6.08. The molecule has 0 radical (unpaired) electrons. The number of fused-ring (bicyclic) bond motifs is 1. The van der Waals surface area contributed by atoms with Crippen LogP contribution in [0.2, 0.25) is 5.02 Å². The Morgan fingerprint density at radius 1 is 0.865 bits per heavy atom. The molecule has 0 fully saturated rings. The molecule has 1 heterocycles. The van der Waals surface area contributed by atoms with E-state index in [1.807, 2.05) is 0 Å². The molecule has 0 aliphatic carbocycles. The van der Waals surface area contributed by atoms with Crippen molar-refractivity contribution < 1.29 is 44.0 Å². The van der Waals surface area contributed by atoms with E-state index in [2.05, 4.69) is 0 Å². The average molecular weight is 568 g/mol. The minimum Gasteiger partial charge on any atom is -0.495 e. The Bertz CT molecular complexity index is 1580. The molecule has 0 saturated carbocycles. The monoisotopic (exact) mass is 567 g/mol. The Labute approximate surface area is 211 Å². The number of pyridine rings is 1. The molecule has 0 aliphatic heterocycles. The van der Waals surface area contributed by atoms with Crippen molar-refractivity contribution in [2.75, 3.05) is 7.11 Å². The van der Waals surface area contributed by atoms with Crippen LogP contribution in [0.15, 0.2) is 52.2 Å². The molecule has 0 amide bonds. The normalized spacial score (nSPS) is 11.7. The number of methoxy groups -OCH3 is 1. The second kappa shape index (κ2) is 9.78. The number of aromatic nitrogens is 1. The van der Waals surface area contributed by atoms with Crippen molar-refractivity contribution in [3.63, 3.8) is 0 Å². The lowest BCUT2D eigenvalue weighted by atomic mass is 10.1. The first-order chi connectivity index (χ1) is 17.3. The summed E-state index contributed by atoms with van der Waals surface area (Å²) in [7, 11) is 1.11. The minimum atomic E-state index is -4.78. The molecule has 0 spiro atoms. The average Bonchev–Trinajstić information content (AvgIpc) is 2.85. The van der Waals surface area contributed by atoms with Crippen LogP contribution < -0.4 is 14.5 Å². The molecular weight excluding hydrogens is 558 g/mol. The van der Waals surface area contributed by atoms with Crippen LogP contribution in [0.25, 0.3) is 16.6 Å². The number of halogens is 9. The Morgan fingerprint density at radius 2 is 1.49 bits per heavy atom. The summed E-state index contributed by atoms with van der Waals surface area (Å²) in [6.45, 7) is 0. The van der Waals surface area contributed by atoms with Crippen LogP contribution in [-0.2, 0) is 6.18 Å². The van der Waals surface area contributed by atoms with Crippen molar-refractivity contribution in [1.29, 1.82) is 0 Å². The van der Waals surface area contributed by atoms with E-state index in [1.165, 1.54) is 24.3 Å². The van der Waals surface area contributed by atoms with Crippen LogP contribution in [-0.4, -0.2) is 11.7 Å². The quantitative estimate of drug-likeness (QED) is 0.109. The molecule has 0 unspecified atom stereocenters. The summed E-state index contributed by atoms with van der Waals surface area (Å²) >= 11 is 6.10. The zero-order chi connectivity index (χ0) is 27.2. The fourth-order valence-corrected chi connectivity index (χ4v) is 4.26. The Balaban J connectivity index is 1.77. The second-order valence-corrected chi connectivity index (χ2v) is 8.51. The summed E-state index contributed by atoms with van der Waals surface area (Å²) in [6.07, 6.45) is -4.78. The van der Waals surface area contributed by atoms with Gasteiger partial charge in [-0.15, -0.1) is 0 Å². The smallest absolute Gasteiger partial charge is 0.417 e. The first-order valence-electron chi connectivity index (χ1n) is 9.82. The number of alkyl halides is 3. The minimum absolute atomic E-state index is 0.103. The van der Waals surface area contributed by atoms with E-state index >= 15 is 0 Å². The van der Waals surface area contributed by atoms with Gasteiger partial charge < -0.3 is 8.92 Å². The van der Waals surface area contributed by atoms with Gasteiger partial charge in [0.15, 0.2) is 0 Å². The molecule has 0 bridgehead atoms. The fraction of sp³-hybridized carbons (Fsp3) is 0.0870. The van der Waals surface area contributed by atoms with Gasteiger partial charge in [-0.1, -0.05) is 11.6 Å². The first kappa shape index (κ1) is 26.6. The maximum Gasteiger partial charge on any atom is 0.417 e. The Morgan fingerprint density at radius 3 is 2.08 bits per heavy atom. The van der Waals surface area contributed by atoms with Gasteiger partial charge in [0.25, 0.3) is 5.56 Å². The van der Waals surface area contributed by atoms with E-state index in [9.17, 15) is 39.9 Å². The molecule has 4 rings (SSSR count). The van der Waals surface area contributed by atoms with E-state index in [0.29, 0.717) is 11.5 Å². The summed E-state index contributed by atoms with van der Waals surface area (Å²) < 4.78 is 118. The summed E-state index contributed by atoms with van der Waals surface area (Å²) in [4.78, 5) is 12.8. The van der Waals surface area contributed by atoms with Crippen LogP contribution in [0.3, 0.4) is 0 Å². The number of rotatable bonds is 5. The molecular formula is C23H10ClF8NO3S. The second-order valence-electron chi connectivity index (χ2n) is 7.29. The maximum absolute atomic E-state index is 13.9. The van der Waals surface area contributed by atoms with Crippen molar-refractivity contribution in [3.05, 3.63) is 92.5 Å². The zero-order valence-electron chi connectivity index (χ0n) is 18.0. The number of nitrogens with zero attached hydrogens (tertiary/aromatic N) is 1. The lowest BCUT2D eigenvalue weighted by molar-refractivity contribution is -0.137. The van der Waals surface area contributed by atoms with E-state index in [0.717, 1.165) is 23.8 Å². The zero-order valence-corrected chi connectivity index (χ0v) is 19.6. The number of ether oxygens (including phenoxy) is 1. The van der Waals surface area contributed by atoms with Crippen LogP contribution in [0, 0.1) is 29.1 Å². The van der Waals surface area contributed by atoms with Crippen LogP contribution >= 0.6 is 23.6 Å². The molecule has 37 heavy (non-hydrogen) atoms. The molecule has 0 N–H and O–H groups in total. The summed E-state index contributed by atoms with van der Waals surface area (Å²) in [5, 5.41) is -0.390. The summed E-state index contributed by atoms with van der Waals surface area (Å²) in [5.74, 6) is -12.8. The Kier molecular flexibility index (Phi) is 7.04. The van der Waals surface area contributed by atoms with Crippen LogP contribution in [0.4, 0.5) is 35.1 Å². The van der Waals surface area contributed by atoms with Gasteiger partial charge in [-0.05, 0) is 36.4 Å². The van der Waals surface area contributed by atoms with Crippen molar-refractivity contribution >= 4 is 34.5 Å². The van der Waals surface area contributed by atoms with Gasteiger partial charge in [0.1, 0.15) is 5.75 Å². The third-order valence-electron chi connectivity index (χ3n) is 5.07. The third kappa shape index (κ3) is 4.80. The van der Waals surface area contributed by atoms with E-state index in [-0.39, 0.29) is 33.9 Å². The molecule has 194 valence electrons. The van der Waals surface area contributed by atoms with Gasteiger partial charge in [-0.3, -0.25) is 9.36 Å². The fourth-order valence-electron chi connectivity index (χ4n) is 3.37. The van der Waals surface area contributed by atoms with Crippen molar-refractivity contribution in [2.45, 2.75) is 11.1 Å². The predicted molar refractivity (Wildman–Crippen MR) is 119 cm³/mol. The lowest BCUT2D eigenvalue weighted by Gasteiger charge is -2.17. The molecule has 14 heteroatoms. The van der Waals surface area contributed by atoms with Gasteiger partial charge in [-0.2, -0.15) is 22.0 Å². The molecule has 0 atom stereocenters. The van der Waals surface area contributed by atoms with Gasteiger partial charge in [0, 0.05) is 16.3 Å². The molecule has 4 aromatic rings. The first-order valence-corrected chi connectivity index (χ1v) is 10.9. The van der Waals surface area contributed by atoms with Gasteiger partial charge in [0.2, 0.25) is 34.8 Å². The van der Waals surface area contributed by atoms with Crippen molar-refractivity contribution in [1.82, 2.24) is 4.57 Å². The van der Waals surface area contributed by atoms with E-state index < -0.39 is 57.2 Å². The number of hydrogen-bond acceptors (Lipinski definition) is 4. The largest absolute Gasteiger partial charge is 0.495 e. The van der Waals surface area contributed by atoms with E-state index in [4.69, 9.17) is 20.5 Å². The number of benzene rings is 3. The highest BCUT2D eigenvalue weighted by atomic mass is 35.5. The van der Waals surface area contributed by atoms with Gasteiger partial charge in [-0.25, -0.2) is 13.2 Å². The van der Waals surface area contributed by atoms with Crippen molar-refractivity contribution in [2.24, 2.45) is 0 Å². The summed E-state index contributed by atoms with van der Waals surface area (Å²) in [5.41, 5.74) is -1.76. The highest BCUT2D eigenvalue weighted by Crippen LogP contribution is 2.40. The van der Waals surface area contributed by atoms with Gasteiger partial charge in [0.05, 0.1) is 40.9 Å². The van der Waals surface area contributed by atoms with Crippen molar-refractivity contribution in [3.8, 4) is 17.2 Å². The lowest BCUT2D eigenvalue weighted by Crippen LogP contribution is -2.19. The summed E-state index contributed by atoms with van der Waals surface area (Å²) in [6, 6.07) is 7.95. The topological polar surface area (TPSA) is 40.5 Å². The standard InChI is InChI=1S/C23H10ClF8NO3S/c1-35-15-7-11(23(30,31)32)12(24)8-14(15)33-13-4-3-10(6-9(13)2-5-16(33)34)37-36-22-20(28)18(26)17(25)19(27)21(22)29/h2-8H,1H3. The maximum atomic E-state index is 13.9. The molecule has 0 saturated heterocycles. The SMILES string of the molecule is COc1cc(C(F)(F)F)c(Cl)cc1-n1c(=O)ccc2cc(SOc3c(F)c(F)c(F)c(F)c3F)ccc21. The number of hydrogen-bond donors (Lipinski definition) is 0. The molecule has 1 aromatic heterocycles. The molecule has 3 aromatic carbocycles. The van der Waals surface area contributed by atoms with E-state index in [1.54, 1.807) is 0 Å². The highest BCUT2D eigenvalue weighted by molar-refractivity contribution is 7.95. The molecule has 0 aliphatic rings.